The van der Waals surface area contributed by atoms with Gasteiger partial charge in [-0.15, -0.1) is 0 Å². The van der Waals surface area contributed by atoms with E-state index in [1.165, 1.54) is 12.1 Å². The van der Waals surface area contributed by atoms with Gasteiger partial charge >= 0.3 is 12.1 Å². The Morgan fingerprint density at radius 1 is 1.00 bits per heavy atom. The summed E-state index contributed by atoms with van der Waals surface area (Å²) >= 11 is 0. The summed E-state index contributed by atoms with van der Waals surface area (Å²) in [4.78, 5) is 42.5. The van der Waals surface area contributed by atoms with E-state index in [2.05, 4.69) is 5.32 Å². The number of benzene rings is 3. The molecular weight excluding hydrogens is 650 g/mol. The minimum absolute atomic E-state index is 0.00459. The molecule has 0 saturated heterocycles. The highest BCUT2D eigenvalue weighted by molar-refractivity contribution is 5.93. The van der Waals surface area contributed by atoms with Crippen molar-refractivity contribution in [2.45, 2.75) is 72.1 Å². The number of nitrogens with zero attached hydrogens (tertiary/aromatic N) is 2. The number of ether oxygens (including phenoxy) is 1. The number of carbonyl (C=O) groups excluding carboxylic acids is 2. The van der Waals surface area contributed by atoms with E-state index in [9.17, 15) is 31.9 Å². The molecule has 50 heavy (non-hydrogen) atoms. The fourth-order valence-corrected chi connectivity index (χ4v) is 6.47. The van der Waals surface area contributed by atoms with Crippen LogP contribution in [0.25, 0.3) is 21.9 Å². The first-order valence-electron chi connectivity index (χ1n) is 16.7. The molecule has 268 valence electrons. The summed E-state index contributed by atoms with van der Waals surface area (Å²) in [5.74, 6) is -1.68. The molecule has 2 unspecified atom stereocenters. The number of alkyl halides is 3. The first-order valence-corrected chi connectivity index (χ1v) is 16.7. The van der Waals surface area contributed by atoms with Gasteiger partial charge in [0.05, 0.1) is 24.6 Å². The first kappa shape index (κ1) is 38.3. The average Bonchev–Trinajstić information content (AvgIpc) is 3.01. The van der Waals surface area contributed by atoms with Crippen molar-refractivity contribution in [1.29, 1.82) is 0 Å². The molecular formula is C39H45F4N3O4. The monoisotopic (exact) mass is 695 g/mol. The van der Waals surface area contributed by atoms with Crippen LogP contribution in [-0.4, -0.2) is 48.6 Å². The largest absolute Gasteiger partial charge is 0.466 e. The molecule has 0 saturated carbocycles. The maximum Gasteiger partial charge on any atom is 0.416 e. The average molecular weight is 696 g/mol. The zero-order valence-corrected chi connectivity index (χ0v) is 29.6. The third-order valence-corrected chi connectivity index (χ3v) is 8.68. The van der Waals surface area contributed by atoms with Gasteiger partial charge in [-0.2, -0.15) is 13.2 Å². The third kappa shape index (κ3) is 9.18. The molecule has 0 bridgehead atoms. The van der Waals surface area contributed by atoms with E-state index in [1.807, 2.05) is 64.1 Å². The van der Waals surface area contributed by atoms with Crippen molar-refractivity contribution in [1.82, 2.24) is 14.8 Å². The third-order valence-electron chi connectivity index (χ3n) is 8.68. The molecule has 0 fully saturated rings. The van der Waals surface area contributed by atoms with Crippen LogP contribution in [0.1, 0.15) is 73.5 Å². The second-order valence-electron chi connectivity index (χ2n) is 13.4. The molecule has 4 aromatic rings. The van der Waals surface area contributed by atoms with Crippen molar-refractivity contribution in [2.75, 3.05) is 27.2 Å². The summed E-state index contributed by atoms with van der Waals surface area (Å²) in [6, 6.07) is 12.6. The van der Waals surface area contributed by atoms with Crippen molar-refractivity contribution >= 4 is 22.6 Å². The Balaban J connectivity index is 1.88. The lowest BCUT2D eigenvalue weighted by Gasteiger charge is -2.27. The molecule has 1 amide bonds. The number of carbonyl (C=O) groups is 2. The number of aryl methyl sites for hydroxylation is 2. The highest BCUT2D eigenvalue weighted by Gasteiger charge is 2.36. The first-order chi connectivity index (χ1) is 23.5. The minimum atomic E-state index is -4.76. The number of likely N-dealkylation sites (N-methyl/N-ethyl adjacent to an activating group) is 1. The maximum absolute atomic E-state index is 14.4. The Labute approximate surface area is 290 Å². The minimum Gasteiger partial charge on any atom is -0.466 e. The molecule has 0 aliphatic heterocycles. The standard InChI is InChI=1S/C39H45F4N3O4/c1-8-50-36(48)21-33(31-19-28(18-26-11-9-10-12-30(26)31)37-24(4)16-29(40)17-25(37)5)44-38(49)34(15-23(2)3)46-22-27(13-14-45(6)7)32(20-35(46)47)39(41,42)43/h9-12,16-20,22-23,33-34H,8,13-15,21H2,1-7H3,(H,44,49). The summed E-state index contributed by atoms with van der Waals surface area (Å²) in [6.45, 7) is 9.39. The number of pyridine rings is 1. The van der Waals surface area contributed by atoms with Crippen molar-refractivity contribution in [3.8, 4) is 11.1 Å². The van der Waals surface area contributed by atoms with Crippen LogP contribution in [-0.2, 0) is 26.9 Å². The van der Waals surface area contributed by atoms with Crippen molar-refractivity contribution in [3.63, 3.8) is 0 Å². The van der Waals surface area contributed by atoms with E-state index in [1.54, 1.807) is 25.9 Å². The zero-order chi connectivity index (χ0) is 36.9. The number of halogens is 4. The van der Waals surface area contributed by atoms with E-state index < -0.39 is 41.3 Å². The lowest BCUT2D eigenvalue weighted by molar-refractivity contribution is -0.144. The maximum atomic E-state index is 14.4. The van der Waals surface area contributed by atoms with Crippen molar-refractivity contribution in [2.24, 2.45) is 5.92 Å². The number of rotatable bonds is 13. The summed E-state index contributed by atoms with van der Waals surface area (Å²) in [7, 11) is 3.47. The molecule has 0 radical (unpaired) electrons. The van der Waals surface area contributed by atoms with Crippen LogP contribution in [0.2, 0.25) is 0 Å². The number of aromatic nitrogens is 1. The van der Waals surface area contributed by atoms with Gasteiger partial charge in [-0.1, -0.05) is 38.1 Å². The Hall–Kier alpha value is -4.51. The molecule has 11 heteroatoms. The van der Waals surface area contributed by atoms with Crippen LogP contribution < -0.4 is 10.9 Å². The van der Waals surface area contributed by atoms with Gasteiger partial charge in [0.2, 0.25) is 5.91 Å². The predicted molar refractivity (Wildman–Crippen MR) is 187 cm³/mol. The number of nitrogens with one attached hydrogen (secondary N) is 1. The molecule has 7 nitrogen and oxygen atoms in total. The van der Waals surface area contributed by atoms with Crippen LogP contribution in [0.3, 0.4) is 0 Å². The highest BCUT2D eigenvalue weighted by atomic mass is 19.4. The van der Waals surface area contributed by atoms with Crippen molar-refractivity contribution in [3.05, 3.63) is 105 Å². The van der Waals surface area contributed by atoms with Crippen LogP contribution in [0.4, 0.5) is 17.6 Å². The fourth-order valence-electron chi connectivity index (χ4n) is 6.47. The van der Waals surface area contributed by atoms with Gasteiger partial charge in [0, 0.05) is 18.8 Å². The zero-order valence-electron chi connectivity index (χ0n) is 29.6. The van der Waals surface area contributed by atoms with Gasteiger partial charge < -0.3 is 19.5 Å². The normalized spacial score (nSPS) is 13.1. The van der Waals surface area contributed by atoms with Crippen LogP contribution in [0.5, 0.6) is 0 Å². The smallest absolute Gasteiger partial charge is 0.416 e. The lowest BCUT2D eigenvalue weighted by atomic mass is 9.88. The summed E-state index contributed by atoms with van der Waals surface area (Å²) < 4.78 is 62.8. The predicted octanol–water partition coefficient (Wildman–Crippen LogP) is 7.95. The SMILES string of the molecule is CCOC(=O)CC(NC(=O)C(CC(C)C)n1cc(CCN(C)C)c(C(F)(F)F)cc1=O)c1cc(-c2c(C)cc(F)cc2C)cc2ccccc12. The summed E-state index contributed by atoms with van der Waals surface area (Å²) in [6.07, 6.45) is -3.71. The Morgan fingerprint density at radius 2 is 1.66 bits per heavy atom. The van der Waals surface area contributed by atoms with E-state index >= 15 is 0 Å². The van der Waals surface area contributed by atoms with Crippen LogP contribution in [0.15, 0.2) is 65.6 Å². The number of hydrogen-bond acceptors (Lipinski definition) is 5. The highest BCUT2D eigenvalue weighted by Crippen LogP contribution is 2.37. The van der Waals surface area contributed by atoms with Gasteiger partial charge in [-0.25, -0.2) is 4.39 Å². The molecule has 1 heterocycles. The quantitative estimate of drug-likeness (QED) is 0.114. The molecule has 3 aromatic carbocycles. The van der Waals surface area contributed by atoms with Gasteiger partial charge in [0.1, 0.15) is 11.9 Å². The summed E-state index contributed by atoms with van der Waals surface area (Å²) in [5.41, 5.74) is 1.48. The molecule has 0 aliphatic carbocycles. The van der Waals surface area contributed by atoms with E-state index in [4.69, 9.17) is 4.74 Å². The van der Waals surface area contributed by atoms with Gasteiger partial charge in [-0.3, -0.25) is 14.4 Å². The van der Waals surface area contributed by atoms with Crippen molar-refractivity contribution < 1.29 is 31.9 Å². The van der Waals surface area contributed by atoms with E-state index in [-0.39, 0.29) is 43.2 Å². The molecule has 1 aromatic heterocycles. The number of hydrogen-bond donors (Lipinski definition) is 1. The van der Waals surface area contributed by atoms with E-state index in [0.29, 0.717) is 29.3 Å². The fraction of sp³-hybridized carbons (Fsp3) is 0.410. The molecule has 0 aliphatic rings. The number of amides is 1. The number of esters is 1. The van der Waals surface area contributed by atoms with Gasteiger partial charge in [-0.05, 0) is 122 Å². The van der Waals surface area contributed by atoms with Gasteiger partial charge in [0.15, 0.2) is 0 Å². The molecule has 0 spiro atoms. The number of fused-ring (bicyclic) bond motifs is 1. The second-order valence-corrected chi connectivity index (χ2v) is 13.4. The molecule has 1 N–H and O–H groups in total. The van der Waals surface area contributed by atoms with Crippen LogP contribution in [0, 0.1) is 25.6 Å². The Morgan fingerprint density at radius 3 is 2.26 bits per heavy atom. The second kappa shape index (κ2) is 16.0. The molecule has 4 rings (SSSR count). The van der Waals surface area contributed by atoms with Crippen LogP contribution >= 0.6 is 0 Å². The Kier molecular flexibility index (Phi) is 12.3. The lowest BCUT2D eigenvalue weighted by Crippen LogP contribution is -2.40. The van der Waals surface area contributed by atoms with E-state index in [0.717, 1.165) is 32.7 Å². The topological polar surface area (TPSA) is 80.6 Å². The van der Waals surface area contributed by atoms with Gasteiger partial charge in [0.25, 0.3) is 5.56 Å². The molecule has 2 atom stereocenters. The summed E-state index contributed by atoms with van der Waals surface area (Å²) in [5, 5.41) is 4.55. The Bertz CT molecular complexity index is 1890.